The van der Waals surface area contributed by atoms with Crippen LogP contribution in [0.2, 0.25) is 0 Å². The lowest BCUT2D eigenvalue weighted by atomic mass is 9.63. The molecule has 0 bridgehead atoms. The summed E-state index contributed by atoms with van der Waals surface area (Å²) in [7, 11) is -1.38. The standard InChI is InChI=1S/C48H54O3S/c1-31-27-33(11-19-41(49)35-15-17-37-39(29-35)47(7,8)25-23-45(37,3)4)13-21-43(31)52(51)44-22-14-34(28-32(44)2)12-20-42(50)36-16-18-38-40(30-36)48(9,10)26-24-46(38,5)6/h11-22,27-30H,23-26H2,1-10H3. The van der Waals surface area contributed by atoms with Crippen LogP contribution in [0.4, 0.5) is 0 Å². The number of carbonyl (C=O) groups is 2. The quantitative estimate of drug-likeness (QED) is 0.135. The zero-order valence-electron chi connectivity index (χ0n) is 32.7. The van der Waals surface area contributed by atoms with Gasteiger partial charge in [0.1, 0.15) is 0 Å². The molecule has 4 aromatic rings. The van der Waals surface area contributed by atoms with Gasteiger partial charge in [-0.05, 0) is 142 Å². The van der Waals surface area contributed by atoms with E-state index in [2.05, 4.69) is 79.7 Å². The Bertz CT molecular complexity index is 2020. The molecule has 0 saturated carbocycles. The predicted molar refractivity (Wildman–Crippen MR) is 217 cm³/mol. The zero-order valence-corrected chi connectivity index (χ0v) is 33.5. The van der Waals surface area contributed by atoms with Gasteiger partial charge in [0, 0.05) is 20.9 Å². The van der Waals surface area contributed by atoms with Crippen molar-refractivity contribution in [1.82, 2.24) is 0 Å². The molecule has 0 spiro atoms. The van der Waals surface area contributed by atoms with Gasteiger partial charge in [0.2, 0.25) is 0 Å². The normalized spacial score (nSPS) is 18.9. The van der Waals surface area contributed by atoms with E-state index in [1.54, 1.807) is 12.2 Å². The molecule has 0 radical (unpaired) electrons. The van der Waals surface area contributed by atoms with E-state index in [0.29, 0.717) is 11.1 Å². The molecule has 0 saturated heterocycles. The van der Waals surface area contributed by atoms with Crippen molar-refractivity contribution in [3.8, 4) is 0 Å². The van der Waals surface area contributed by atoms with Gasteiger partial charge in [-0.2, -0.15) is 0 Å². The molecule has 4 aromatic carbocycles. The summed E-state index contributed by atoms with van der Waals surface area (Å²) < 4.78 is 13.8. The summed E-state index contributed by atoms with van der Waals surface area (Å²) in [4.78, 5) is 28.0. The van der Waals surface area contributed by atoms with Crippen LogP contribution >= 0.6 is 0 Å². The first-order chi connectivity index (χ1) is 24.3. The van der Waals surface area contributed by atoms with E-state index < -0.39 is 10.8 Å². The third-order valence-electron chi connectivity index (χ3n) is 11.9. The van der Waals surface area contributed by atoms with E-state index in [-0.39, 0.29) is 33.2 Å². The Balaban J connectivity index is 1.14. The Morgan fingerprint density at radius 3 is 1.19 bits per heavy atom. The molecule has 2 aliphatic rings. The molecule has 2 aliphatic carbocycles. The second-order valence-electron chi connectivity index (χ2n) is 17.8. The molecule has 270 valence electrons. The van der Waals surface area contributed by atoms with E-state index in [4.69, 9.17) is 0 Å². The van der Waals surface area contributed by atoms with Crippen molar-refractivity contribution in [3.05, 3.63) is 141 Å². The Kier molecular flexibility index (Phi) is 9.89. The third-order valence-corrected chi connectivity index (χ3v) is 13.6. The SMILES string of the molecule is Cc1cc(C=CC(=O)c2ccc3c(c2)C(C)(C)CCC3(C)C)ccc1S(=O)c1ccc(C=CC(=O)c2ccc3c(c2)C(C)(C)CCC3(C)C)cc1C. The fraction of sp³-hybridized carbons (Fsp3) is 0.375. The Labute approximate surface area is 314 Å². The summed E-state index contributed by atoms with van der Waals surface area (Å²) in [6.07, 6.45) is 11.4. The molecule has 4 heteroatoms. The summed E-state index contributed by atoms with van der Waals surface area (Å²) >= 11 is 0. The van der Waals surface area contributed by atoms with Crippen molar-refractivity contribution in [2.75, 3.05) is 0 Å². The van der Waals surface area contributed by atoms with Crippen LogP contribution in [0.3, 0.4) is 0 Å². The Morgan fingerprint density at radius 1 is 0.500 bits per heavy atom. The first-order valence-corrected chi connectivity index (χ1v) is 19.8. The molecule has 0 amide bonds. The predicted octanol–water partition coefficient (Wildman–Crippen LogP) is 12.0. The molecule has 52 heavy (non-hydrogen) atoms. The van der Waals surface area contributed by atoms with Gasteiger partial charge < -0.3 is 0 Å². The summed E-state index contributed by atoms with van der Waals surface area (Å²) in [5, 5.41) is 0. The van der Waals surface area contributed by atoms with Gasteiger partial charge in [0.15, 0.2) is 11.6 Å². The van der Waals surface area contributed by atoms with E-state index in [1.807, 2.05) is 74.5 Å². The minimum atomic E-state index is -1.38. The van der Waals surface area contributed by atoms with Crippen molar-refractivity contribution < 1.29 is 13.8 Å². The second kappa shape index (κ2) is 13.7. The van der Waals surface area contributed by atoms with E-state index in [1.165, 1.54) is 22.3 Å². The van der Waals surface area contributed by atoms with E-state index in [9.17, 15) is 13.8 Å². The molecule has 0 atom stereocenters. The van der Waals surface area contributed by atoms with Crippen molar-refractivity contribution in [2.45, 2.75) is 126 Å². The molecular weight excluding hydrogens is 657 g/mol. The third kappa shape index (κ3) is 7.37. The van der Waals surface area contributed by atoms with Gasteiger partial charge in [-0.3, -0.25) is 9.59 Å². The number of allylic oxidation sites excluding steroid dienone is 2. The highest BCUT2D eigenvalue weighted by Crippen LogP contribution is 2.47. The van der Waals surface area contributed by atoms with Crippen LogP contribution < -0.4 is 0 Å². The number of fused-ring (bicyclic) bond motifs is 2. The van der Waals surface area contributed by atoms with Gasteiger partial charge in [-0.1, -0.05) is 116 Å². The summed E-state index contributed by atoms with van der Waals surface area (Å²) in [6.45, 7) is 22.2. The van der Waals surface area contributed by atoms with Gasteiger partial charge in [0.05, 0.1) is 10.8 Å². The number of aryl methyl sites for hydroxylation is 2. The highest BCUT2D eigenvalue weighted by atomic mass is 32.2. The highest BCUT2D eigenvalue weighted by Gasteiger charge is 2.38. The van der Waals surface area contributed by atoms with Crippen LogP contribution in [0.5, 0.6) is 0 Å². The molecule has 0 aliphatic heterocycles. The lowest BCUT2D eigenvalue weighted by Crippen LogP contribution is -2.34. The molecule has 0 fully saturated rings. The first-order valence-electron chi connectivity index (χ1n) is 18.7. The number of carbonyl (C=O) groups excluding carboxylic acids is 2. The lowest BCUT2D eigenvalue weighted by molar-refractivity contribution is 0.103. The summed E-state index contributed by atoms with van der Waals surface area (Å²) in [6, 6.07) is 24.0. The van der Waals surface area contributed by atoms with Gasteiger partial charge in [-0.15, -0.1) is 0 Å². The number of benzene rings is 4. The van der Waals surface area contributed by atoms with Crippen LogP contribution in [0.15, 0.2) is 94.7 Å². The minimum absolute atomic E-state index is 0.0191. The van der Waals surface area contributed by atoms with Crippen LogP contribution in [-0.4, -0.2) is 15.8 Å². The maximum absolute atomic E-state index is 13.8. The van der Waals surface area contributed by atoms with Crippen molar-refractivity contribution >= 4 is 34.5 Å². The van der Waals surface area contributed by atoms with Crippen molar-refractivity contribution in [1.29, 1.82) is 0 Å². The highest BCUT2D eigenvalue weighted by molar-refractivity contribution is 7.85. The molecular formula is C48H54O3S. The molecule has 6 rings (SSSR count). The largest absolute Gasteiger partial charge is 0.289 e. The molecule has 0 N–H and O–H groups in total. The molecule has 3 nitrogen and oxygen atoms in total. The van der Waals surface area contributed by atoms with Gasteiger partial charge >= 0.3 is 0 Å². The monoisotopic (exact) mass is 710 g/mol. The number of ketones is 2. The Morgan fingerprint density at radius 2 is 0.846 bits per heavy atom. The van der Waals surface area contributed by atoms with Gasteiger partial charge in [-0.25, -0.2) is 4.21 Å². The van der Waals surface area contributed by atoms with Crippen LogP contribution in [-0.2, 0) is 32.5 Å². The van der Waals surface area contributed by atoms with E-state index >= 15 is 0 Å². The smallest absolute Gasteiger partial charge is 0.185 e. The maximum atomic E-state index is 13.8. The molecule has 0 unspecified atom stereocenters. The fourth-order valence-electron chi connectivity index (χ4n) is 8.11. The fourth-order valence-corrected chi connectivity index (χ4v) is 9.43. The lowest BCUT2D eigenvalue weighted by Gasteiger charge is -2.42. The van der Waals surface area contributed by atoms with E-state index in [0.717, 1.165) is 57.7 Å². The average Bonchev–Trinajstić information content (AvgIpc) is 3.09. The van der Waals surface area contributed by atoms with Crippen LogP contribution in [0.25, 0.3) is 12.2 Å². The average molecular weight is 711 g/mol. The first kappa shape index (κ1) is 37.6. The number of hydrogen-bond donors (Lipinski definition) is 0. The topological polar surface area (TPSA) is 51.2 Å². The maximum Gasteiger partial charge on any atom is 0.185 e. The Hall–Kier alpha value is -4.15. The molecule has 0 heterocycles. The number of rotatable bonds is 8. The molecule has 0 aromatic heterocycles. The van der Waals surface area contributed by atoms with Gasteiger partial charge in [0.25, 0.3) is 0 Å². The van der Waals surface area contributed by atoms with Crippen molar-refractivity contribution in [3.63, 3.8) is 0 Å². The minimum Gasteiger partial charge on any atom is -0.289 e. The second-order valence-corrected chi connectivity index (χ2v) is 19.2. The summed E-state index contributed by atoms with van der Waals surface area (Å²) in [5.41, 5.74) is 10.5. The van der Waals surface area contributed by atoms with Crippen molar-refractivity contribution in [2.24, 2.45) is 0 Å². The summed E-state index contributed by atoms with van der Waals surface area (Å²) in [5.74, 6) is -0.0381. The zero-order chi connectivity index (χ0) is 37.8. The van der Waals surface area contributed by atoms with Crippen LogP contribution in [0.1, 0.15) is 146 Å². The van der Waals surface area contributed by atoms with Crippen LogP contribution in [0, 0.1) is 13.8 Å². The number of hydrogen-bond acceptors (Lipinski definition) is 3.